The molecule has 1 aromatic rings. The van der Waals surface area contributed by atoms with E-state index >= 15 is 0 Å². The van der Waals surface area contributed by atoms with Crippen LogP contribution in [0.4, 0.5) is 5.69 Å². The van der Waals surface area contributed by atoms with Crippen LogP contribution in [-0.4, -0.2) is 6.61 Å². The van der Waals surface area contributed by atoms with Gasteiger partial charge in [-0.2, -0.15) is 0 Å². The minimum atomic E-state index is 0.310. The van der Waals surface area contributed by atoms with Crippen molar-refractivity contribution in [2.24, 2.45) is 5.41 Å². The molecule has 90 valence electrons. The van der Waals surface area contributed by atoms with E-state index in [1.54, 1.807) is 6.07 Å². The fourth-order valence-corrected chi connectivity index (χ4v) is 1.48. The van der Waals surface area contributed by atoms with Crippen molar-refractivity contribution >= 4 is 17.3 Å². The topological polar surface area (TPSA) is 35.2 Å². The van der Waals surface area contributed by atoms with Crippen LogP contribution in [0.1, 0.15) is 32.8 Å². The second-order valence-electron chi connectivity index (χ2n) is 5.21. The third kappa shape index (κ3) is 4.86. The summed E-state index contributed by atoms with van der Waals surface area (Å²) in [5, 5.41) is 0.677. The number of nitrogens with two attached hydrogens (primary N) is 1. The average molecular weight is 242 g/mol. The van der Waals surface area contributed by atoms with Crippen LogP contribution in [0.3, 0.4) is 0 Å². The Bertz CT molecular complexity index is 344. The molecule has 0 aliphatic rings. The van der Waals surface area contributed by atoms with Crippen molar-refractivity contribution in [1.29, 1.82) is 0 Å². The number of halogens is 1. The number of hydrogen-bond donors (Lipinski definition) is 1. The molecule has 0 aliphatic heterocycles. The maximum atomic E-state index is 6.04. The van der Waals surface area contributed by atoms with Gasteiger partial charge in [0.25, 0.3) is 0 Å². The number of anilines is 1. The zero-order valence-corrected chi connectivity index (χ0v) is 11.0. The van der Waals surface area contributed by atoms with Gasteiger partial charge in [0.15, 0.2) is 0 Å². The van der Waals surface area contributed by atoms with Gasteiger partial charge in [-0.1, -0.05) is 38.4 Å². The summed E-state index contributed by atoms with van der Waals surface area (Å²) in [5.74, 6) is 0. The molecule has 0 bridgehead atoms. The Morgan fingerprint density at radius 2 is 2.00 bits per heavy atom. The SMILES string of the molecule is CC(C)(C)CCOCc1ccc(N)cc1Cl. The fraction of sp³-hybridized carbons (Fsp3) is 0.538. The van der Waals surface area contributed by atoms with E-state index in [0.717, 1.165) is 18.6 Å². The van der Waals surface area contributed by atoms with E-state index in [9.17, 15) is 0 Å². The van der Waals surface area contributed by atoms with Crippen molar-refractivity contribution in [3.05, 3.63) is 28.8 Å². The smallest absolute Gasteiger partial charge is 0.0731 e. The van der Waals surface area contributed by atoms with Crippen molar-refractivity contribution in [2.45, 2.75) is 33.8 Å². The Balaban J connectivity index is 2.38. The van der Waals surface area contributed by atoms with Gasteiger partial charge in [0.2, 0.25) is 0 Å². The lowest BCUT2D eigenvalue weighted by Gasteiger charge is -2.17. The minimum Gasteiger partial charge on any atom is -0.399 e. The molecule has 16 heavy (non-hydrogen) atoms. The monoisotopic (exact) mass is 241 g/mol. The predicted octanol–water partition coefficient (Wildman–Crippen LogP) is 3.88. The first kappa shape index (κ1) is 13.3. The fourth-order valence-electron chi connectivity index (χ4n) is 1.24. The number of hydrogen-bond acceptors (Lipinski definition) is 2. The van der Waals surface area contributed by atoms with Gasteiger partial charge in [0.1, 0.15) is 0 Å². The number of benzene rings is 1. The zero-order valence-electron chi connectivity index (χ0n) is 10.2. The Hall–Kier alpha value is -0.730. The Morgan fingerprint density at radius 1 is 1.31 bits per heavy atom. The van der Waals surface area contributed by atoms with Gasteiger partial charge in [-0.3, -0.25) is 0 Å². The standard InChI is InChI=1S/C13H20ClNO/c1-13(2,3)6-7-16-9-10-4-5-11(15)8-12(10)14/h4-5,8H,6-7,9,15H2,1-3H3. The summed E-state index contributed by atoms with van der Waals surface area (Å²) in [5.41, 5.74) is 7.60. The van der Waals surface area contributed by atoms with E-state index in [-0.39, 0.29) is 0 Å². The van der Waals surface area contributed by atoms with Crippen molar-refractivity contribution in [3.63, 3.8) is 0 Å². The van der Waals surface area contributed by atoms with Crippen LogP contribution in [0.2, 0.25) is 5.02 Å². The highest BCUT2D eigenvalue weighted by molar-refractivity contribution is 6.31. The van der Waals surface area contributed by atoms with Gasteiger partial charge in [-0.15, -0.1) is 0 Å². The molecule has 0 saturated heterocycles. The maximum absolute atomic E-state index is 6.04. The second-order valence-corrected chi connectivity index (χ2v) is 5.62. The van der Waals surface area contributed by atoms with Crippen LogP contribution in [-0.2, 0) is 11.3 Å². The molecule has 0 fully saturated rings. The van der Waals surface area contributed by atoms with Crippen LogP contribution < -0.4 is 5.73 Å². The van der Waals surface area contributed by atoms with Gasteiger partial charge in [0.05, 0.1) is 6.61 Å². The summed E-state index contributed by atoms with van der Waals surface area (Å²) in [6, 6.07) is 5.51. The molecule has 2 N–H and O–H groups in total. The quantitative estimate of drug-likeness (QED) is 0.642. The van der Waals surface area contributed by atoms with Crippen molar-refractivity contribution in [1.82, 2.24) is 0 Å². The van der Waals surface area contributed by atoms with Crippen molar-refractivity contribution in [2.75, 3.05) is 12.3 Å². The number of rotatable bonds is 4. The third-order valence-corrected chi connectivity index (χ3v) is 2.68. The highest BCUT2D eigenvalue weighted by Crippen LogP contribution is 2.21. The van der Waals surface area contributed by atoms with Gasteiger partial charge >= 0.3 is 0 Å². The molecular formula is C13H20ClNO. The Kier molecular flexibility index (Phi) is 4.63. The minimum absolute atomic E-state index is 0.310. The molecule has 0 unspecified atom stereocenters. The predicted molar refractivity (Wildman–Crippen MR) is 69.6 cm³/mol. The lowest BCUT2D eigenvalue weighted by Crippen LogP contribution is -2.09. The highest BCUT2D eigenvalue weighted by Gasteiger charge is 2.09. The van der Waals surface area contributed by atoms with Gasteiger partial charge in [-0.05, 0) is 29.5 Å². The van der Waals surface area contributed by atoms with E-state index in [1.807, 2.05) is 12.1 Å². The van der Waals surface area contributed by atoms with Crippen LogP contribution in [0, 0.1) is 5.41 Å². The Morgan fingerprint density at radius 3 is 2.56 bits per heavy atom. The van der Waals surface area contributed by atoms with E-state index in [0.29, 0.717) is 22.7 Å². The van der Waals surface area contributed by atoms with Crippen LogP contribution in [0.15, 0.2) is 18.2 Å². The molecule has 3 heteroatoms. The summed E-state index contributed by atoms with van der Waals surface area (Å²) in [6.07, 6.45) is 1.04. The lowest BCUT2D eigenvalue weighted by molar-refractivity contribution is 0.0963. The first-order valence-electron chi connectivity index (χ1n) is 5.50. The molecule has 2 nitrogen and oxygen atoms in total. The summed E-state index contributed by atoms with van der Waals surface area (Å²) in [4.78, 5) is 0. The lowest BCUT2D eigenvalue weighted by atomic mass is 9.93. The molecule has 0 atom stereocenters. The molecular weight excluding hydrogens is 222 g/mol. The van der Waals surface area contributed by atoms with Crippen LogP contribution >= 0.6 is 11.6 Å². The first-order chi connectivity index (χ1) is 7.38. The molecule has 0 spiro atoms. The molecule has 0 aliphatic carbocycles. The summed E-state index contributed by atoms with van der Waals surface area (Å²) in [7, 11) is 0. The van der Waals surface area contributed by atoms with E-state index in [1.165, 1.54) is 0 Å². The number of nitrogen functional groups attached to an aromatic ring is 1. The van der Waals surface area contributed by atoms with E-state index < -0.39 is 0 Å². The number of ether oxygens (including phenoxy) is 1. The van der Waals surface area contributed by atoms with Crippen LogP contribution in [0.5, 0.6) is 0 Å². The average Bonchev–Trinajstić information content (AvgIpc) is 2.13. The molecule has 0 saturated carbocycles. The molecule has 0 aromatic heterocycles. The second kappa shape index (κ2) is 5.55. The summed E-state index contributed by atoms with van der Waals surface area (Å²) in [6.45, 7) is 7.91. The zero-order chi connectivity index (χ0) is 12.2. The van der Waals surface area contributed by atoms with Crippen molar-refractivity contribution in [3.8, 4) is 0 Å². The summed E-state index contributed by atoms with van der Waals surface area (Å²) < 4.78 is 5.59. The molecule has 0 heterocycles. The first-order valence-corrected chi connectivity index (χ1v) is 5.88. The van der Waals surface area contributed by atoms with Gasteiger partial charge < -0.3 is 10.5 Å². The van der Waals surface area contributed by atoms with Gasteiger partial charge in [0, 0.05) is 17.3 Å². The Labute approximate surface area is 103 Å². The maximum Gasteiger partial charge on any atom is 0.0731 e. The normalized spacial score (nSPS) is 11.8. The largest absolute Gasteiger partial charge is 0.399 e. The van der Waals surface area contributed by atoms with E-state index in [2.05, 4.69) is 20.8 Å². The van der Waals surface area contributed by atoms with E-state index in [4.69, 9.17) is 22.1 Å². The third-order valence-electron chi connectivity index (χ3n) is 2.33. The van der Waals surface area contributed by atoms with Crippen LogP contribution in [0.25, 0.3) is 0 Å². The highest BCUT2D eigenvalue weighted by atomic mass is 35.5. The van der Waals surface area contributed by atoms with Crippen molar-refractivity contribution < 1.29 is 4.74 Å². The van der Waals surface area contributed by atoms with Gasteiger partial charge in [-0.25, -0.2) is 0 Å². The molecule has 1 rings (SSSR count). The molecule has 0 amide bonds. The molecule has 1 aromatic carbocycles. The summed E-state index contributed by atoms with van der Waals surface area (Å²) >= 11 is 6.04. The molecule has 0 radical (unpaired) electrons.